The number of thioether (sulfide) groups is 1. The van der Waals surface area contributed by atoms with Gasteiger partial charge in [-0.15, -0.1) is 0 Å². The van der Waals surface area contributed by atoms with Crippen LogP contribution in [0.5, 0.6) is 0 Å². The van der Waals surface area contributed by atoms with Crippen LogP contribution in [0.3, 0.4) is 0 Å². The van der Waals surface area contributed by atoms with Gasteiger partial charge in [-0.3, -0.25) is 9.48 Å². The first kappa shape index (κ1) is 24.3. The van der Waals surface area contributed by atoms with Crippen molar-refractivity contribution in [3.63, 3.8) is 0 Å². The highest BCUT2D eigenvalue weighted by molar-refractivity contribution is 7.99. The Morgan fingerprint density at radius 1 is 1.31 bits per heavy atom. The van der Waals surface area contributed by atoms with E-state index in [2.05, 4.69) is 35.0 Å². The molecular weight excluding hydrogens is 472 g/mol. The van der Waals surface area contributed by atoms with E-state index < -0.39 is 17.1 Å². The van der Waals surface area contributed by atoms with Gasteiger partial charge in [-0.25, -0.2) is 9.97 Å². The second kappa shape index (κ2) is 8.23. The highest BCUT2D eigenvalue weighted by Gasteiger charge is 2.68. The van der Waals surface area contributed by atoms with Crippen LogP contribution >= 0.6 is 11.8 Å². The Morgan fingerprint density at radius 3 is 2.89 bits per heavy atom. The Balaban J connectivity index is 1.27. The number of aromatic nitrogens is 4. The number of carbonyl (C=O) groups is 1. The van der Waals surface area contributed by atoms with Crippen LogP contribution in [-0.2, 0) is 18.3 Å². The second-order valence-electron chi connectivity index (χ2n) is 12.1. The number of carbonyl (C=O) groups excluding carboxylic acids is 1. The molecule has 36 heavy (non-hydrogen) atoms. The van der Waals surface area contributed by atoms with Crippen molar-refractivity contribution in [2.45, 2.75) is 76.2 Å². The molecule has 4 aliphatic rings. The molecule has 2 N–H and O–H groups in total. The summed E-state index contributed by atoms with van der Waals surface area (Å²) in [6.07, 6.45) is 10.0. The van der Waals surface area contributed by atoms with Crippen LogP contribution in [0.4, 0.5) is 0 Å². The van der Waals surface area contributed by atoms with E-state index in [1.54, 1.807) is 6.20 Å². The fourth-order valence-corrected chi connectivity index (χ4v) is 9.37. The molecule has 2 aromatic rings. The third kappa shape index (κ3) is 3.33. The summed E-state index contributed by atoms with van der Waals surface area (Å²) in [5.41, 5.74) is 2.52. The number of Topliss-reactive ketones (excluding diaryl/α,β-unsaturated/α-hetero) is 1. The molecule has 7 unspecified atom stereocenters. The van der Waals surface area contributed by atoms with Gasteiger partial charge in [0.2, 0.25) is 0 Å². The normalized spacial score (nSPS) is 39.0. The Kier molecular flexibility index (Phi) is 5.56. The van der Waals surface area contributed by atoms with Crippen molar-refractivity contribution in [3.05, 3.63) is 41.0 Å². The number of nitrogens with zero attached hydrogens (tertiary/aromatic N) is 4. The molecule has 6 rings (SSSR count). The van der Waals surface area contributed by atoms with Gasteiger partial charge in [0.25, 0.3) is 0 Å². The monoisotopic (exact) mass is 508 g/mol. The first-order chi connectivity index (χ1) is 17.1. The van der Waals surface area contributed by atoms with Crippen molar-refractivity contribution in [2.24, 2.45) is 35.6 Å². The van der Waals surface area contributed by atoms with Crippen LogP contribution in [0.15, 0.2) is 29.2 Å². The number of aliphatic hydroxyl groups excluding tert-OH is 1. The van der Waals surface area contributed by atoms with E-state index in [0.717, 1.165) is 31.4 Å². The fourth-order valence-electron chi connectivity index (χ4n) is 8.53. The largest absolute Gasteiger partial charge is 0.393 e. The lowest BCUT2D eigenvalue weighted by Gasteiger charge is -2.60. The van der Waals surface area contributed by atoms with Crippen LogP contribution in [0.2, 0.25) is 0 Å². The molecule has 3 saturated carbocycles. The number of ketones is 1. The van der Waals surface area contributed by atoms with Gasteiger partial charge in [0, 0.05) is 24.4 Å². The topological polar surface area (TPSA) is 101 Å². The highest BCUT2D eigenvalue weighted by atomic mass is 32.2. The molecule has 0 aliphatic heterocycles. The summed E-state index contributed by atoms with van der Waals surface area (Å²) in [4.78, 5) is 22.2. The Morgan fingerprint density at radius 2 is 2.11 bits per heavy atom. The summed E-state index contributed by atoms with van der Waals surface area (Å²) in [7, 11) is 1.99. The predicted octanol–water partition coefficient (Wildman–Crippen LogP) is 3.76. The molecule has 0 radical (unpaired) electrons. The van der Waals surface area contributed by atoms with Crippen LogP contribution < -0.4 is 0 Å². The average molecular weight is 509 g/mol. The van der Waals surface area contributed by atoms with Gasteiger partial charge >= 0.3 is 0 Å². The van der Waals surface area contributed by atoms with Crippen molar-refractivity contribution in [3.8, 4) is 0 Å². The van der Waals surface area contributed by atoms with Crippen molar-refractivity contribution in [2.75, 3.05) is 5.75 Å². The maximum Gasteiger partial charge on any atom is 0.188 e. The molecule has 7 atom stereocenters. The Labute approximate surface area is 216 Å². The molecule has 8 heteroatoms. The maximum absolute atomic E-state index is 13.6. The molecule has 192 valence electrons. The molecule has 0 aromatic carbocycles. The van der Waals surface area contributed by atoms with Gasteiger partial charge in [-0.05, 0) is 86.3 Å². The summed E-state index contributed by atoms with van der Waals surface area (Å²) in [5, 5.41) is 28.7. The summed E-state index contributed by atoms with van der Waals surface area (Å²) >= 11 is 1.29. The molecule has 0 amide bonds. The van der Waals surface area contributed by atoms with Gasteiger partial charge in [0.05, 0.1) is 23.7 Å². The minimum absolute atomic E-state index is 0.122. The third-order valence-electron chi connectivity index (χ3n) is 10.3. The lowest BCUT2D eigenvalue weighted by molar-refractivity contribution is -0.177. The molecule has 0 spiro atoms. The quantitative estimate of drug-likeness (QED) is 0.479. The Hall–Kier alpha value is -2.03. The van der Waals surface area contributed by atoms with Gasteiger partial charge < -0.3 is 10.2 Å². The predicted molar refractivity (Wildman–Crippen MR) is 138 cm³/mol. The molecule has 2 aromatic heterocycles. The summed E-state index contributed by atoms with van der Waals surface area (Å²) < 4.78 is 1.95. The van der Waals surface area contributed by atoms with Crippen LogP contribution in [-0.4, -0.2) is 53.2 Å². The van der Waals surface area contributed by atoms with Gasteiger partial charge in [-0.2, -0.15) is 5.10 Å². The van der Waals surface area contributed by atoms with E-state index >= 15 is 0 Å². The number of fused-ring (bicyclic) bond motifs is 6. The van der Waals surface area contributed by atoms with E-state index in [4.69, 9.17) is 0 Å². The number of aryl methyl sites for hydroxylation is 2. The summed E-state index contributed by atoms with van der Waals surface area (Å²) in [6.45, 7) is 6.28. The van der Waals surface area contributed by atoms with E-state index in [9.17, 15) is 15.0 Å². The number of hydrogen-bond acceptors (Lipinski definition) is 7. The molecule has 3 fully saturated rings. The maximum atomic E-state index is 13.6. The number of hydrogen-bond donors (Lipinski definition) is 2. The van der Waals surface area contributed by atoms with E-state index in [-0.39, 0.29) is 34.7 Å². The zero-order valence-electron chi connectivity index (χ0n) is 21.6. The van der Waals surface area contributed by atoms with E-state index in [1.807, 2.05) is 30.9 Å². The number of aliphatic hydroxyl groups is 2. The first-order valence-corrected chi connectivity index (χ1v) is 14.1. The van der Waals surface area contributed by atoms with Crippen LogP contribution in [0.1, 0.15) is 62.9 Å². The zero-order valence-corrected chi connectivity index (χ0v) is 22.4. The lowest BCUT2D eigenvalue weighted by Crippen LogP contribution is -2.62. The molecule has 2 heterocycles. The third-order valence-corrected chi connectivity index (χ3v) is 11.2. The van der Waals surface area contributed by atoms with Crippen LogP contribution in [0, 0.1) is 35.5 Å². The Bertz CT molecular complexity index is 1260. The SMILES string of the molecule is Cc1ccnc(SCC(=O)C2(O)CCC3C4CCC5=Cc6c(cnn6C)CC5(C)C4C(O)CC32C)n1. The standard InChI is InChI=1S/C28H36N4O3S/c1-16-8-10-29-25(31-16)36-15-23(34)28(35)9-7-20-19-6-5-18-11-21-17(14-30-32(21)4)12-26(18,2)24(19)22(33)13-27(20,28)3/h8,10-11,14,19-20,22,24,33,35H,5-7,9,12-13,15H2,1-4H3. The number of rotatable bonds is 4. The highest BCUT2D eigenvalue weighted by Crippen LogP contribution is 2.67. The van der Waals surface area contributed by atoms with Crippen LogP contribution in [0.25, 0.3) is 6.08 Å². The molecule has 4 aliphatic carbocycles. The summed E-state index contributed by atoms with van der Waals surface area (Å²) in [6, 6.07) is 1.83. The first-order valence-electron chi connectivity index (χ1n) is 13.1. The molecule has 0 saturated heterocycles. The number of allylic oxidation sites excluding steroid dienone is 1. The lowest BCUT2D eigenvalue weighted by atomic mass is 9.45. The summed E-state index contributed by atoms with van der Waals surface area (Å²) in [5.74, 6) is 0.605. The van der Waals surface area contributed by atoms with E-state index in [1.165, 1.54) is 28.6 Å². The van der Waals surface area contributed by atoms with Gasteiger partial charge in [0.1, 0.15) is 5.60 Å². The smallest absolute Gasteiger partial charge is 0.188 e. The van der Waals surface area contributed by atoms with Crippen molar-refractivity contribution in [1.29, 1.82) is 0 Å². The van der Waals surface area contributed by atoms with Gasteiger partial charge in [-0.1, -0.05) is 31.2 Å². The van der Waals surface area contributed by atoms with Crippen molar-refractivity contribution >= 4 is 23.6 Å². The second-order valence-corrected chi connectivity index (χ2v) is 13.0. The fraction of sp³-hybridized carbons (Fsp3) is 0.643. The zero-order chi connectivity index (χ0) is 25.5. The van der Waals surface area contributed by atoms with Crippen molar-refractivity contribution < 1.29 is 15.0 Å². The van der Waals surface area contributed by atoms with Crippen molar-refractivity contribution in [1.82, 2.24) is 19.7 Å². The minimum atomic E-state index is -1.43. The van der Waals surface area contributed by atoms with E-state index in [0.29, 0.717) is 18.0 Å². The minimum Gasteiger partial charge on any atom is -0.393 e. The molecule has 0 bridgehead atoms. The van der Waals surface area contributed by atoms with Gasteiger partial charge in [0.15, 0.2) is 10.9 Å². The average Bonchev–Trinajstić information content (AvgIpc) is 3.31. The molecule has 7 nitrogen and oxygen atoms in total. The molecular formula is C28H36N4O3S.